The number of nitrogens with zero attached hydrogens (tertiary/aromatic N) is 2. The third-order valence-corrected chi connectivity index (χ3v) is 2.30. The zero-order valence-electron chi connectivity index (χ0n) is 7.01. The van der Waals surface area contributed by atoms with E-state index in [9.17, 15) is 0 Å². The van der Waals surface area contributed by atoms with Crippen molar-refractivity contribution in [2.75, 3.05) is 0 Å². The average molecular weight is 168 g/mol. The lowest BCUT2D eigenvalue weighted by Crippen LogP contribution is -1.80. The van der Waals surface area contributed by atoms with Crippen molar-refractivity contribution in [1.82, 2.24) is 9.38 Å². The molecule has 0 atom stereocenters. The molecule has 0 unspecified atom stereocenters. The van der Waals surface area contributed by atoms with Crippen molar-refractivity contribution in [3.8, 4) is 0 Å². The molecule has 2 heteroatoms. The van der Waals surface area contributed by atoms with Crippen molar-refractivity contribution < 1.29 is 0 Å². The van der Waals surface area contributed by atoms with E-state index in [1.807, 2.05) is 23.0 Å². The average Bonchev–Trinajstić information content (AvgIpc) is 2.56. The lowest BCUT2D eigenvalue weighted by atomic mass is 10.2. The molecule has 2 heterocycles. The highest BCUT2D eigenvalue weighted by atomic mass is 14.9. The zero-order chi connectivity index (χ0) is 8.67. The molecule has 3 rings (SSSR count). The Morgan fingerprint density at radius 1 is 1.08 bits per heavy atom. The van der Waals surface area contributed by atoms with Gasteiger partial charge in [-0.2, -0.15) is 0 Å². The van der Waals surface area contributed by atoms with Crippen molar-refractivity contribution >= 4 is 16.3 Å². The first-order valence-electron chi connectivity index (χ1n) is 4.24. The number of fused-ring (bicyclic) bond motifs is 3. The van der Waals surface area contributed by atoms with Gasteiger partial charge in [0.05, 0.1) is 11.8 Å². The number of benzene rings is 1. The fourth-order valence-corrected chi connectivity index (χ4v) is 1.70. The van der Waals surface area contributed by atoms with Crippen LogP contribution in [0.25, 0.3) is 16.3 Å². The first-order chi connectivity index (χ1) is 6.45. The Morgan fingerprint density at radius 2 is 2.00 bits per heavy atom. The first-order valence-corrected chi connectivity index (χ1v) is 4.24. The van der Waals surface area contributed by atoms with E-state index in [4.69, 9.17) is 0 Å². The van der Waals surface area contributed by atoms with Gasteiger partial charge >= 0.3 is 0 Å². The summed E-state index contributed by atoms with van der Waals surface area (Å²) in [5, 5.41) is 2.54. The lowest BCUT2D eigenvalue weighted by molar-refractivity contribution is 1.10. The molecule has 62 valence electrons. The highest BCUT2D eigenvalue weighted by Crippen LogP contribution is 2.20. The van der Waals surface area contributed by atoms with Crippen LogP contribution < -0.4 is 0 Å². The van der Waals surface area contributed by atoms with E-state index in [1.165, 1.54) is 16.3 Å². The summed E-state index contributed by atoms with van der Waals surface area (Å²) in [7, 11) is 0. The molecule has 0 bridgehead atoms. The van der Waals surface area contributed by atoms with E-state index in [-0.39, 0.29) is 0 Å². The monoisotopic (exact) mass is 168 g/mol. The minimum absolute atomic E-state index is 1.21. The fraction of sp³-hybridized carbons (Fsp3) is 0. The van der Waals surface area contributed by atoms with Gasteiger partial charge < -0.3 is 4.40 Å². The summed E-state index contributed by atoms with van der Waals surface area (Å²) in [6, 6.07) is 10.4. The van der Waals surface area contributed by atoms with Crippen molar-refractivity contribution in [2.45, 2.75) is 0 Å². The number of aromatic nitrogens is 2. The predicted molar refractivity (Wildman–Crippen MR) is 52.7 cm³/mol. The summed E-state index contributed by atoms with van der Waals surface area (Å²) in [5.41, 5.74) is 1.21. The topological polar surface area (TPSA) is 17.3 Å². The molecule has 3 aromatic rings. The van der Waals surface area contributed by atoms with Crippen LogP contribution in [0.1, 0.15) is 0 Å². The fourth-order valence-electron chi connectivity index (χ4n) is 1.70. The summed E-state index contributed by atoms with van der Waals surface area (Å²) < 4.78 is 2.05. The van der Waals surface area contributed by atoms with E-state index in [1.54, 1.807) is 0 Å². The number of rotatable bonds is 0. The maximum atomic E-state index is 4.07. The molecule has 2 aromatic heterocycles. The van der Waals surface area contributed by atoms with Crippen molar-refractivity contribution in [3.63, 3.8) is 0 Å². The largest absolute Gasteiger partial charge is 0.307 e. The molecule has 0 aliphatic heterocycles. The summed E-state index contributed by atoms with van der Waals surface area (Å²) in [4.78, 5) is 4.07. The highest BCUT2D eigenvalue weighted by molar-refractivity contribution is 5.96. The quantitative estimate of drug-likeness (QED) is 0.504. The van der Waals surface area contributed by atoms with Crippen LogP contribution in [-0.2, 0) is 0 Å². The molecule has 0 amide bonds. The normalized spacial score (nSPS) is 11.1. The van der Waals surface area contributed by atoms with Gasteiger partial charge in [0.1, 0.15) is 0 Å². The summed E-state index contributed by atoms with van der Waals surface area (Å²) in [6.45, 7) is 0. The molecular weight excluding hydrogens is 160 g/mol. The van der Waals surface area contributed by atoms with E-state index in [0.717, 1.165) is 0 Å². The van der Waals surface area contributed by atoms with Crippen LogP contribution in [0.2, 0.25) is 0 Å². The molecule has 0 spiro atoms. The summed E-state index contributed by atoms with van der Waals surface area (Å²) >= 11 is 0. The zero-order valence-corrected chi connectivity index (χ0v) is 7.01. The van der Waals surface area contributed by atoms with E-state index in [2.05, 4.69) is 35.4 Å². The van der Waals surface area contributed by atoms with Gasteiger partial charge in [0.15, 0.2) is 0 Å². The molecule has 0 aliphatic rings. The van der Waals surface area contributed by atoms with Crippen LogP contribution in [0.5, 0.6) is 0 Å². The maximum Gasteiger partial charge on any atom is 0.0990 e. The second-order valence-corrected chi connectivity index (χ2v) is 3.09. The summed E-state index contributed by atoms with van der Waals surface area (Å²) in [5.74, 6) is 0. The van der Waals surface area contributed by atoms with Gasteiger partial charge in [-0.25, -0.2) is 4.98 Å². The van der Waals surface area contributed by atoms with Gasteiger partial charge in [0.2, 0.25) is 0 Å². The van der Waals surface area contributed by atoms with Gasteiger partial charge in [0.25, 0.3) is 0 Å². The Hall–Kier alpha value is -1.83. The van der Waals surface area contributed by atoms with E-state index < -0.39 is 0 Å². The predicted octanol–water partition coefficient (Wildman–Crippen LogP) is 2.49. The minimum Gasteiger partial charge on any atom is -0.307 e. The molecule has 2 nitrogen and oxygen atoms in total. The van der Waals surface area contributed by atoms with Gasteiger partial charge in [0, 0.05) is 23.2 Å². The summed E-state index contributed by atoms with van der Waals surface area (Å²) in [6.07, 6.45) is 5.74. The van der Waals surface area contributed by atoms with Crippen LogP contribution in [0.3, 0.4) is 0 Å². The minimum atomic E-state index is 1.21. The van der Waals surface area contributed by atoms with Gasteiger partial charge in [-0.1, -0.05) is 24.3 Å². The SMILES string of the molecule is c1ccc2c(c1)cn1cnccc21. The van der Waals surface area contributed by atoms with Crippen LogP contribution >= 0.6 is 0 Å². The van der Waals surface area contributed by atoms with Gasteiger partial charge in [-0.3, -0.25) is 0 Å². The van der Waals surface area contributed by atoms with Crippen molar-refractivity contribution in [3.05, 3.63) is 49.1 Å². The Bertz CT molecular complexity index is 516. The van der Waals surface area contributed by atoms with Crippen LogP contribution in [0.4, 0.5) is 0 Å². The van der Waals surface area contributed by atoms with Crippen LogP contribution in [-0.4, -0.2) is 9.38 Å². The van der Waals surface area contributed by atoms with Crippen molar-refractivity contribution in [1.29, 1.82) is 0 Å². The van der Waals surface area contributed by atoms with Crippen LogP contribution in [0, 0.1) is 0 Å². The third kappa shape index (κ3) is 0.855. The Balaban J connectivity index is 2.64. The third-order valence-electron chi connectivity index (χ3n) is 2.30. The number of hydrogen-bond acceptors (Lipinski definition) is 1. The molecule has 13 heavy (non-hydrogen) atoms. The van der Waals surface area contributed by atoms with E-state index >= 15 is 0 Å². The highest BCUT2D eigenvalue weighted by Gasteiger charge is 1.99. The molecular formula is C11H8N2. The smallest absolute Gasteiger partial charge is 0.0990 e. The second-order valence-electron chi connectivity index (χ2n) is 3.09. The Kier molecular flexibility index (Phi) is 1.19. The molecule has 0 saturated carbocycles. The van der Waals surface area contributed by atoms with E-state index in [0.29, 0.717) is 0 Å². The molecule has 0 fully saturated rings. The molecule has 0 radical (unpaired) electrons. The second kappa shape index (κ2) is 2.33. The number of hydrogen-bond donors (Lipinski definition) is 0. The van der Waals surface area contributed by atoms with Crippen molar-refractivity contribution in [2.24, 2.45) is 0 Å². The molecule has 0 aliphatic carbocycles. The van der Waals surface area contributed by atoms with Gasteiger partial charge in [-0.15, -0.1) is 0 Å². The Morgan fingerprint density at radius 3 is 3.00 bits per heavy atom. The standard InChI is InChI=1S/C11H8N2/c1-2-4-10-9(3-1)7-13-8-12-6-5-11(10)13/h1-8H. The maximum absolute atomic E-state index is 4.07. The lowest BCUT2D eigenvalue weighted by Gasteiger charge is -1.90. The molecule has 0 N–H and O–H groups in total. The Labute approximate surface area is 75.5 Å². The van der Waals surface area contributed by atoms with Gasteiger partial charge in [-0.05, 0) is 6.07 Å². The van der Waals surface area contributed by atoms with Crippen LogP contribution in [0.15, 0.2) is 49.1 Å². The first kappa shape index (κ1) is 6.66. The molecule has 0 saturated heterocycles. The molecule has 1 aromatic carbocycles.